The van der Waals surface area contributed by atoms with Gasteiger partial charge in [-0.3, -0.25) is 14.5 Å². The lowest BCUT2D eigenvalue weighted by Gasteiger charge is -2.32. The van der Waals surface area contributed by atoms with E-state index in [2.05, 4.69) is 5.32 Å². The molecular weight excluding hydrogens is 521 g/mol. The van der Waals surface area contributed by atoms with E-state index in [4.69, 9.17) is 9.15 Å². The van der Waals surface area contributed by atoms with Gasteiger partial charge in [-0.1, -0.05) is 51.8 Å². The van der Waals surface area contributed by atoms with Crippen LogP contribution in [0.5, 0.6) is 5.75 Å². The molecule has 0 radical (unpaired) electrons. The van der Waals surface area contributed by atoms with Gasteiger partial charge in [0.2, 0.25) is 5.91 Å². The maximum absolute atomic E-state index is 14.3. The Hall–Kier alpha value is -3.75. The number of carbonyl (C=O) groups excluding carboxylic acids is 2. The second-order valence-electron chi connectivity index (χ2n) is 11.3. The van der Waals surface area contributed by atoms with Crippen molar-refractivity contribution >= 4 is 17.5 Å². The van der Waals surface area contributed by atoms with E-state index in [0.717, 1.165) is 42.7 Å². The minimum absolute atomic E-state index is 0.0329. The Kier molecular flexibility index (Phi) is 8.33. The molecule has 1 N–H and O–H groups in total. The molecule has 0 bridgehead atoms. The second-order valence-corrected chi connectivity index (χ2v) is 11.3. The zero-order valence-corrected chi connectivity index (χ0v) is 23.4. The van der Waals surface area contributed by atoms with Crippen molar-refractivity contribution in [1.29, 1.82) is 0 Å². The van der Waals surface area contributed by atoms with Crippen LogP contribution in [0.2, 0.25) is 0 Å². The zero-order chi connectivity index (χ0) is 29.2. The molecule has 0 unspecified atom stereocenters. The first-order valence-corrected chi connectivity index (χ1v) is 13.4. The fourth-order valence-corrected chi connectivity index (χ4v) is 4.94. The van der Waals surface area contributed by atoms with E-state index in [9.17, 15) is 22.8 Å². The van der Waals surface area contributed by atoms with Crippen molar-refractivity contribution in [3.8, 4) is 5.75 Å². The van der Waals surface area contributed by atoms with E-state index in [1.54, 1.807) is 37.3 Å². The van der Waals surface area contributed by atoms with Crippen molar-refractivity contribution in [2.24, 2.45) is 0 Å². The summed E-state index contributed by atoms with van der Waals surface area (Å²) >= 11 is 0. The summed E-state index contributed by atoms with van der Waals surface area (Å²) in [6, 6.07) is 11.4. The molecule has 1 aliphatic carbocycles. The highest BCUT2D eigenvalue weighted by molar-refractivity contribution is 6.09. The van der Waals surface area contributed by atoms with Gasteiger partial charge >= 0.3 is 6.18 Å². The predicted molar refractivity (Wildman–Crippen MR) is 147 cm³/mol. The third kappa shape index (κ3) is 6.35. The van der Waals surface area contributed by atoms with Crippen molar-refractivity contribution in [2.75, 3.05) is 12.0 Å². The quantitative estimate of drug-likeness (QED) is 0.330. The third-order valence-corrected chi connectivity index (χ3v) is 7.16. The van der Waals surface area contributed by atoms with Crippen LogP contribution in [-0.4, -0.2) is 25.0 Å². The monoisotopic (exact) mass is 556 g/mol. The van der Waals surface area contributed by atoms with Crippen LogP contribution >= 0.6 is 0 Å². The maximum Gasteiger partial charge on any atom is 0.416 e. The summed E-state index contributed by atoms with van der Waals surface area (Å²) in [5, 5.41) is 3.03. The number of alkyl halides is 3. The molecule has 4 rings (SSSR count). The standard InChI is InChI=1S/C31H35F3N2O4/c1-19-17-25(30(2,3)4)40-27(19)29(38)36(23-12-8-9-21(18-23)31(32,33)34)26(20-13-15-24(39-5)16-14-20)28(37)35-22-10-6-7-11-22/h8-9,12-18,22,26H,6-7,10-11H2,1-5H3,(H,35,37)/t26-/m1/s1. The van der Waals surface area contributed by atoms with Gasteiger partial charge in [-0.25, -0.2) is 0 Å². The highest BCUT2D eigenvalue weighted by Gasteiger charge is 2.39. The average Bonchev–Trinajstić information content (AvgIpc) is 3.56. The number of halogens is 3. The number of methoxy groups -OCH3 is 1. The lowest BCUT2D eigenvalue weighted by Crippen LogP contribution is -2.46. The van der Waals surface area contributed by atoms with Gasteiger partial charge in [0, 0.05) is 22.7 Å². The summed E-state index contributed by atoms with van der Waals surface area (Å²) in [5.41, 5.74) is -0.479. The second kappa shape index (κ2) is 11.4. The number of rotatable bonds is 7. The molecule has 1 aliphatic rings. The number of furan rings is 1. The van der Waals surface area contributed by atoms with Crippen LogP contribution in [0.4, 0.5) is 18.9 Å². The van der Waals surface area contributed by atoms with Gasteiger partial charge in [0.15, 0.2) is 5.76 Å². The van der Waals surface area contributed by atoms with E-state index >= 15 is 0 Å². The molecule has 0 spiro atoms. The number of hydrogen-bond donors (Lipinski definition) is 1. The first kappa shape index (κ1) is 29.2. The van der Waals surface area contributed by atoms with E-state index in [0.29, 0.717) is 22.6 Å². The average molecular weight is 557 g/mol. The molecule has 3 aromatic rings. The van der Waals surface area contributed by atoms with Crippen LogP contribution < -0.4 is 15.0 Å². The van der Waals surface area contributed by atoms with Crippen molar-refractivity contribution in [2.45, 2.75) is 77.1 Å². The number of carbonyl (C=O) groups is 2. The summed E-state index contributed by atoms with van der Waals surface area (Å²) in [5.74, 6) is -0.145. The molecule has 1 atom stereocenters. The zero-order valence-electron chi connectivity index (χ0n) is 23.4. The van der Waals surface area contributed by atoms with Crippen LogP contribution in [0.1, 0.15) is 85.5 Å². The van der Waals surface area contributed by atoms with E-state index in [1.165, 1.54) is 19.2 Å². The van der Waals surface area contributed by atoms with Gasteiger partial charge < -0.3 is 14.5 Å². The molecule has 2 aromatic carbocycles. The number of amides is 2. The number of hydrogen-bond acceptors (Lipinski definition) is 4. The molecule has 1 heterocycles. The predicted octanol–water partition coefficient (Wildman–Crippen LogP) is 7.36. The van der Waals surface area contributed by atoms with Gasteiger partial charge in [0.1, 0.15) is 17.6 Å². The SMILES string of the molecule is COc1ccc([C@H](C(=O)NC2CCCC2)N(C(=O)c2oc(C(C)(C)C)cc2C)c2cccc(C(F)(F)F)c2)cc1. The van der Waals surface area contributed by atoms with Crippen molar-refractivity contribution < 1.29 is 31.9 Å². The lowest BCUT2D eigenvalue weighted by molar-refractivity contribution is -0.137. The van der Waals surface area contributed by atoms with Gasteiger partial charge in [-0.05, 0) is 61.7 Å². The first-order chi connectivity index (χ1) is 18.8. The Bertz CT molecular complexity index is 1350. The molecule has 1 saturated carbocycles. The lowest BCUT2D eigenvalue weighted by atomic mass is 9.93. The van der Waals surface area contributed by atoms with E-state index in [1.807, 2.05) is 20.8 Å². The molecule has 6 nitrogen and oxygen atoms in total. The molecule has 0 aliphatic heterocycles. The van der Waals surface area contributed by atoms with Gasteiger partial charge in [0.25, 0.3) is 5.91 Å². The molecule has 1 fully saturated rings. The Balaban J connectivity index is 1.90. The molecule has 214 valence electrons. The van der Waals surface area contributed by atoms with Crippen molar-refractivity contribution in [3.63, 3.8) is 0 Å². The fraction of sp³-hybridized carbons (Fsp3) is 0.419. The summed E-state index contributed by atoms with van der Waals surface area (Å²) < 4.78 is 52.6. The van der Waals surface area contributed by atoms with Gasteiger partial charge in [-0.2, -0.15) is 13.2 Å². The number of ether oxygens (including phenoxy) is 1. The molecule has 0 saturated heterocycles. The van der Waals surface area contributed by atoms with Crippen LogP contribution in [0.3, 0.4) is 0 Å². The molecule has 40 heavy (non-hydrogen) atoms. The minimum Gasteiger partial charge on any atom is -0.497 e. The van der Waals surface area contributed by atoms with Gasteiger partial charge in [-0.15, -0.1) is 0 Å². The van der Waals surface area contributed by atoms with Crippen LogP contribution in [0.25, 0.3) is 0 Å². The Morgan fingerprint density at radius 3 is 2.23 bits per heavy atom. The summed E-state index contributed by atoms with van der Waals surface area (Å²) in [7, 11) is 1.50. The molecular formula is C31H35F3N2O4. The Morgan fingerprint density at radius 1 is 1.02 bits per heavy atom. The van der Waals surface area contributed by atoms with E-state index < -0.39 is 35.0 Å². The number of nitrogens with zero attached hydrogens (tertiary/aromatic N) is 1. The highest BCUT2D eigenvalue weighted by atomic mass is 19.4. The summed E-state index contributed by atoms with van der Waals surface area (Å²) in [4.78, 5) is 29.4. The smallest absolute Gasteiger partial charge is 0.416 e. The number of nitrogens with one attached hydrogen (secondary N) is 1. The number of anilines is 1. The fourth-order valence-electron chi connectivity index (χ4n) is 4.94. The molecule has 9 heteroatoms. The molecule has 1 aromatic heterocycles. The number of aryl methyl sites for hydroxylation is 1. The topological polar surface area (TPSA) is 71.8 Å². The number of benzene rings is 2. The van der Waals surface area contributed by atoms with Crippen molar-refractivity contribution in [3.05, 3.63) is 82.8 Å². The summed E-state index contributed by atoms with van der Waals surface area (Å²) in [6.07, 6.45) is -1.12. The maximum atomic E-state index is 14.3. The normalized spacial score (nSPS) is 15.1. The van der Waals surface area contributed by atoms with E-state index in [-0.39, 0.29) is 17.5 Å². The van der Waals surface area contributed by atoms with Crippen LogP contribution in [0.15, 0.2) is 59.0 Å². The highest BCUT2D eigenvalue weighted by Crippen LogP contribution is 2.37. The van der Waals surface area contributed by atoms with Crippen molar-refractivity contribution in [1.82, 2.24) is 5.32 Å². The largest absolute Gasteiger partial charge is 0.497 e. The van der Waals surface area contributed by atoms with Gasteiger partial charge in [0.05, 0.1) is 12.7 Å². The molecule has 2 amide bonds. The minimum atomic E-state index is -4.65. The Labute approximate surface area is 232 Å². The third-order valence-electron chi connectivity index (χ3n) is 7.16. The van der Waals surface area contributed by atoms with Crippen LogP contribution in [-0.2, 0) is 16.4 Å². The Morgan fingerprint density at radius 2 is 1.68 bits per heavy atom. The van der Waals surface area contributed by atoms with Crippen LogP contribution in [0, 0.1) is 6.92 Å². The first-order valence-electron chi connectivity index (χ1n) is 13.4. The summed E-state index contributed by atoms with van der Waals surface area (Å²) in [6.45, 7) is 7.50.